The highest BCUT2D eigenvalue weighted by atomic mass is 35.5. The molecule has 1 aromatic carbocycles. The molecule has 120 valence electrons. The van der Waals surface area contributed by atoms with Crippen molar-refractivity contribution >= 4 is 24.1 Å². The SMILES string of the molecule is CCCCn1nc(C)cc1NC(=O)[C@@H](N)c1ccccc1.Cl. The van der Waals surface area contributed by atoms with Crippen LogP contribution in [0.5, 0.6) is 0 Å². The molecule has 0 saturated carbocycles. The topological polar surface area (TPSA) is 72.9 Å². The first-order valence-electron chi connectivity index (χ1n) is 7.27. The van der Waals surface area contributed by atoms with Gasteiger partial charge in [0.05, 0.1) is 5.69 Å². The molecule has 3 N–H and O–H groups in total. The molecule has 0 aliphatic heterocycles. The zero-order valence-corrected chi connectivity index (χ0v) is 13.8. The average molecular weight is 323 g/mol. The summed E-state index contributed by atoms with van der Waals surface area (Å²) in [5.74, 6) is 0.483. The molecule has 0 bridgehead atoms. The Morgan fingerprint density at radius 2 is 2.05 bits per heavy atom. The molecule has 6 heteroatoms. The van der Waals surface area contributed by atoms with E-state index in [0.29, 0.717) is 5.82 Å². The molecule has 0 aliphatic carbocycles. The fourth-order valence-corrected chi connectivity index (χ4v) is 2.14. The van der Waals surface area contributed by atoms with Crippen molar-refractivity contribution in [3.05, 3.63) is 47.7 Å². The van der Waals surface area contributed by atoms with E-state index in [0.717, 1.165) is 30.6 Å². The number of hydrogen-bond donors (Lipinski definition) is 2. The fourth-order valence-electron chi connectivity index (χ4n) is 2.14. The number of nitrogens with two attached hydrogens (primary N) is 1. The van der Waals surface area contributed by atoms with Gasteiger partial charge in [-0.25, -0.2) is 4.68 Å². The average Bonchev–Trinajstić information content (AvgIpc) is 2.84. The number of anilines is 1. The van der Waals surface area contributed by atoms with Crippen LogP contribution >= 0.6 is 12.4 Å². The van der Waals surface area contributed by atoms with Crippen molar-refractivity contribution in [2.45, 2.75) is 39.3 Å². The number of hydrogen-bond acceptors (Lipinski definition) is 3. The van der Waals surface area contributed by atoms with E-state index in [1.54, 1.807) is 0 Å². The van der Waals surface area contributed by atoms with Crippen molar-refractivity contribution in [2.75, 3.05) is 5.32 Å². The zero-order chi connectivity index (χ0) is 15.2. The largest absolute Gasteiger partial charge is 0.316 e. The molecule has 22 heavy (non-hydrogen) atoms. The van der Waals surface area contributed by atoms with Crippen LogP contribution in [0.3, 0.4) is 0 Å². The Hall–Kier alpha value is -1.85. The lowest BCUT2D eigenvalue weighted by Gasteiger charge is -2.13. The van der Waals surface area contributed by atoms with Gasteiger partial charge in [0.1, 0.15) is 11.9 Å². The summed E-state index contributed by atoms with van der Waals surface area (Å²) < 4.78 is 1.83. The summed E-state index contributed by atoms with van der Waals surface area (Å²) in [7, 11) is 0. The van der Waals surface area contributed by atoms with Gasteiger partial charge in [0.2, 0.25) is 5.91 Å². The van der Waals surface area contributed by atoms with Crippen LogP contribution in [0.15, 0.2) is 36.4 Å². The summed E-state index contributed by atoms with van der Waals surface area (Å²) in [6.07, 6.45) is 2.10. The van der Waals surface area contributed by atoms with E-state index >= 15 is 0 Å². The predicted molar refractivity (Wildman–Crippen MR) is 91.1 cm³/mol. The van der Waals surface area contributed by atoms with Gasteiger partial charge >= 0.3 is 0 Å². The van der Waals surface area contributed by atoms with E-state index in [-0.39, 0.29) is 18.3 Å². The lowest BCUT2D eigenvalue weighted by Crippen LogP contribution is -2.28. The molecule has 0 fully saturated rings. The molecular formula is C16H23ClN4O. The second-order valence-electron chi connectivity index (χ2n) is 5.13. The molecule has 0 saturated heterocycles. The second kappa shape index (κ2) is 8.56. The van der Waals surface area contributed by atoms with Crippen LogP contribution < -0.4 is 11.1 Å². The van der Waals surface area contributed by atoms with Gasteiger partial charge in [0.15, 0.2) is 0 Å². The first-order valence-corrected chi connectivity index (χ1v) is 7.27. The third kappa shape index (κ3) is 4.58. The standard InChI is InChI=1S/C16H22N4O.ClH/c1-3-4-10-20-14(11-12(2)19-20)18-16(21)15(17)13-8-6-5-7-9-13;/h5-9,11,15H,3-4,10,17H2,1-2H3,(H,18,21);1H/t15-;/m0./s1. The number of halogens is 1. The molecule has 0 spiro atoms. The summed E-state index contributed by atoms with van der Waals surface area (Å²) in [6, 6.07) is 10.5. The lowest BCUT2D eigenvalue weighted by atomic mass is 10.1. The number of aryl methyl sites for hydroxylation is 2. The highest BCUT2D eigenvalue weighted by molar-refractivity contribution is 5.94. The number of aromatic nitrogens is 2. The van der Waals surface area contributed by atoms with Crippen molar-refractivity contribution < 1.29 is 4.79 Å². The Morgan fingerprint density at radius 3 is 2.68 bits per heavy atom. The Bertz CT molecular complexity index is 597. The molecule has 0 aliphatic rings. The van der Waals surface area contributed by atoms with Crippen LogP contribution in [0.25, 0.3) is 0 Å². The van der Waals surface area contributed by atoms with Crippen LogP contribution in [0.4, 0.5) is 5.82 Å². The Labute approximate surface area is 137 Å². The van der Waals surface area contributed by atoms with Gasteiger partial charge in [0.25, 0.3) is 0 Å². The highest BCUT2D eigenvalue weighted by Gasteiger charge is 2.17. The summed E-state index contributed by atoms with van der Waals surface area (Å²) in [6.45, 7) is 4.83. The second-order valence-corrected chi connectivity index (χ2v) is 5.13. The smallest absolute Gasteiger partial charge is 0.247 e. The third-order valence-corrected chi connectivity index (χ3v) is 3.32. The summed E-state index contributed by atoms with van der Waals surface area (Å²) in [5, 5.41) is 7.27. The van der Waals surface area contributed by atoms with Crippen LogP contribution in [-0.4, -0.2) is 15.7 Å². The number of nitrogens with zero attached hydrogens (tertiary/aromatic N) is 2. The number of amides is 1. The van der Waals surface area contributed by atoms with Gasteiger partial charge in [-0.1, -0.05) is 43.7 Å². The maximum Gasteiger partial charge on any atom is 0.247 e. The van der Waals surface area contributed by atoms with E-state index in [4.69, 9.17) is 5.73 Å². The monoisotopic (exact) mass is 322 g/mol. The van der Waals surface area contributed by atoms with Crippen LogP contribution in [0.2, 0.25) is 0 Å². The number of unbranched alkanes of at least 4 members (excludes halogenated alkanes) is 1. The molecule has 0 radical (unpaired) electrons. The summed E-state index contributed by atoms with van der Waals surface area (Å²) in [5.41, 5.74) is 7.68. The van der Waals surface area contributed by atoms with Crippen molar-refractivity contribution in [1.29, 1.82) is 0 Å². The first-order chi connectivity index (χ1) is 10.1. The van der Waals surface area contributed by atoms with Gasteiger partial charge in [0, 0.05) is 12.6 Å². The fraction of sp³-hybridized carbons (Fsp3) is 0.375. The summed E-state index contributed by atoms with van der Waals surface area (Å²) >= 11 is 0. The van der Waals surface area contributed by atoms with Crippen LogP contribution in [0, 0.1) is 6.92 Å². The van der Waals surface area contributed by atoms with Crippen molar-refractivity contribution in [3.63, 3.8) is 0 Å². The maximum atomic E-state index is 12.3. The van der Waals surface area contributed by atoms with Gasteiger partial charge in [-0.05, 0) is 18.9 Å². The normalized spacial score (nSPS) is 11.6. The molecule has 2 aromatic rings. The molecule has 2 rings (SSSR count). The van der Waals surface area contributed by atoms with Crippen molar-refractivity contribution in [3.8, 4) is 0 Å². The summed E-state index contributed by atoms with van der Waals surface area (Å²) in [4.78, 5) is 12.3. The Kier molecular flexibility index (Phi) is 7.08. The van der Waals surface area contributed by atoms with E-state index < -0.39 is 6.04 Å². The molecule has 1 atom stereocenters. The lowest BCUT2D eigenvalue weighted by molar-refractivity contribution is -0.117. The van der Waals surface area contributed by atoms with E-state index in [1.165, 1.54) is 0 Å². The number of benzene rings is 1. The predicted octanol–water partition coefficient (Wildman–Crippen LogP) is 3.05. The van der Waals surface area contributed by atoms with Gasteiger partial charge in [-0.3, -0.25) is 4.79 Å². The number of rotatable bonds is 6. The molecule has 5 nitrogen and oxygen atoms in total. The number of carbonyl (C=O) groups is 1. The van der Waals surface area contributed by atoms with E-state index in [2.05, 4.69) is 17.3 Å². The van der Waals surface area contributed by atoms with Crippen molar-refractivity contribution in [1.82, 2.24) is 9.78 Å². The van der Waals surface area contributed by atoms with Crippen LogP contribution in [-0.2, 0) is 11.3 Å². The molecule has 1 heterocycles. The van der Waals surface area contributed by atoms with Crippen molar-refractivity contribution in [2.24, 2.45) is 5.73 Å². The van der Waals surface area contributed by atoms with E-state index in [1.807, 2.05) is 48.0 Å². The van der Waals surface area contributed by atoms with Crippen LogP contribution in [0.1, 0.15) is 37.1 Å². The van der Waals surface area contributed by atoms with Gasteiger partial charge in [-0.15, -0.1) is 12.4 Å². The van der Waals surface area contributed by atoms with Gasteiger partial charge in [-0.2, -0.15) is 5.10 Å². The van der Waals surface area contributed by atoms with E-state index in [9.17, 15) is 4.79 Å². The Morgan fingerprint density at radius 1 is 1.36 bits per heavy atom. The first kappa shape index (κ1) is 18.2. The minimum absolute atomic E-state index is 0. The molecule has 1 aromatic heterocycles. The highest BCUT2D eigenvalue weighted by Crippen LogP contribution is 2.15. The Balaban J connectivity index is 0.00000242. The number of carbonyl (C=O) groups excluding carboxylic acids is 1. The quantitative estimate of drug-likeness (QED) is 0.858. The molecule has 0 unspecified atom stereocenters. The molecule has 1 amide bonds. The zero-order valence-electron chi connectivity index (χ0n) is 13.0. The minimum Gasteiger partial charge on any atom is -0.316 e. The third-order valence-electron chi connectivity index (χ3n) is 3.32. The maximum absolute atomic E-state index is 12.3. The number of nitrogens with one attached hydrogen (secondary N) is 1. The molecular weight excluding hydrogens is 300 g/mol. The minimum atomic E-state index is -0.680. The van der Waals surface area contributed by atoms with Gasteiger partial charge < -0.3 is 11.1 Å².